The Morgan fingerprint density at radius 2 is 1.70 bits per heavy atom. The molecule has 1 aliphatic heterocycles. The smallest absolute Gasteiger partial charge is 0.338 e. The molecule has 1 aromatic carbocycles. The van der Waals surface area contributed by atoms with E-state index < -0.39 is 94.6 Å². The zero-order chi connectivity index (χ0) is 34.3. The molecule has 4 aliphatic rings. The summed E-state index contributed by atoms with van der Waals surface area (Å²) in [5.41, 5.74) is -7.07. The van der Waals surface area contributed by atoms with Crippen LogP contribution < -0.4 is 0 Å². The first-order valence-corrected chi connectivity index (χ1v) is 15.9. The Morgan fingerprint density at radius 3 is 2.30 bits per heavy atom. The highest BCUT2D eigenvalue weighted by Gasteiger charge is 2.76. The fourth-order valence-corrected chi connectivity index (χ4v) is 8.50. The number of aliphatic hydroxyl groups is 5. The van der Waals surface area contributed by atoms with Gasteiger partial charge in [0.05, 0.1) is 42.0 Å². The van der Waals surface area contributed by atoms with Crippen molar-refractivity contribution in [3.8, 4) is 0 Å². The van der Waals surface area contributed by atoms with Crippen molar-refractivity contribution in [1.82, 2.24) is 0 Å². The van der Waals surface area contributed by atoms with Gasteiger partial charge in [0, 0.05) is 24.2 Å². The molecule has 12 heteroatoms. The van der Waals surface area contributed by atoms with E-state index in [1.807, 2.05) is 0 Å². The van der Waals surface area contributed by atoms with E-state index in [9.17, 15) is 39.9 Å². The zero-order valence-corrected chi connectivity index (χ0v) is 27.0. The Kier molecular flexibility index (Phi) is 8.09. The summed E-state index contributed by atoms with van der Waals surface area (Å²) in [5, 5.41) is 59.5. The van der Waals surface area contributed by atoms with Gasteiger partial charge in [0.1, 0.15) is 35.3 Å². The number of fused-ring (bicyclic) bond motifs is 5. The lowest BCUT2D eigenvalue weighted by Crippen LogP contribution is -2.81. The SMILES string of the molecule is CC1=C2C(O)C(=O)[C@]3(C)C(O)CC4OC[C@@]4(O)C3C(OC(=O)c3ccccc3)C(O)(CC1OC(=O)C(O)C(C)c1ccco1)C2(C)C. The maximum absolute atomic E-state index is 14.5. The van der Waals surface area contributed by atoms with E-state index in [4.69, 9.17) is 18.6 Å². The van der Waals surface area contributed by atoms with E-state index in [0.29, 0.717) is 5.76 Å². The quantitative estimate of drug-likeness (QED) is 0.225. The maximum atomic E-state index is 14.5. The predicted octanol–water partition coefficient (Wildman–Crippen LogP) is 1.82. The third-order valence-electron chi connectivity index (χ3n) is 11.6. The molecule has 0 radical (unpaired) electrons. The fraction of sp³-hybridized carbons (Fsp3) is 0.571. The highest BCUT2D eigenvalue weighted by molar-refractivity contribution is 5.94. The minimum atomic E-state index is -2.21. The first-order chi connectivity index (χ1) is 22.0. The van der Waals surface area contributed by atoms with Gasteiger partial charge in [-0.05, 0) is 49.3 Å². The topological polar surface area (TPSA) is 193 Å². The van der Waals surface area contributed by atoms with Crippen LogP contribution in [0.15, 0.2) is 64.3 Å². The molecule has 0 spiro atoms. The molecule has 2 bridgehead atoms. The summed E-state index contributed by atoms with van der Waals surface area (Å²) in [6.45, 7) is 7.42. The van der Waals surface area contributed by atoms with E-state index in [1.165, 1.54) is 25.3 Å². The average molecular weight is 655 g/mol. The van der Waals surface area contributed by atoms with Crippen molar-refractivity contribution < 1.29 is 58.5 Å². The second kappa shape index (κ2) is 11.4. The van der Waals surface area contributed by atoms with Gasteiger partial charge in [-0.3, -0.25) is 4.79 Å². The molecule has 2 heterocycles. The normalized spacial score (nSPS) is 38.9. The molecule has 2 saturated carbocycles. The summed E-state index contributed by atoms with van der Waals surface area (Å²) in [6, 6.07) is 11.2. The van der Waals surface area contributed by atoms with E-state index in [-0.39, 0.29) is 29.7 Å². The monoisotopic (exact) mass is 654 g/mol. The van der Waals surface area contributed by atoms with E-state index in [1.54, 1.807) is 58.0 Å². The van der Waals surface area contributed by atoms with Crippen LogP contribution in [0.5, 0.6) is 0 Å². The van der Waals surface area contributed by atoms with Gasteiger partial charge in [-0.25, -0.2) is 9.59 Å². The number of hydrogen-bond donors (Lipinski definition) is 5. The van der Waals surface area contributed by atoms with Crippen LogP contribution in [-0.4, -0.2) is 97.7 Å². The number of esters is 2. The van der Waals surface area contributed by atoms with Crippen molar-refractivity contribution in [1.29, 1.82) is 0 Å². The van der Waals surface area contributed by atoms with Crippen LogP contribution in [0, 0.1) is 16.7 Å². The number of rotatable bonds is 6. The molecule has 3 aliphatic carbocycles. The van der Waals surface area contributed by atoms with Crippen molar-refractivity contribution in [3.63, 3.8) is 0 Å². The number of Topliss-reactive ketones (excluding diaryl/α,β-unsaturated/α-hetero) is 1. The predicted molar refractivity (Wildman–Crippen MR) is 163 cm³/mol. The minimum Gasteiger partial charge on any atom is -0.469 e. The molecule has 12 nitrogen and oxygen atoms in total. The lowest BCUT2D eigenvalue weighted by Gasteiger charge is -2.66. The van der Waals surface area contributed by atoms with Crippen molar-refractivity contribution in [2.45, 2.75) is 101 Å². The molecule has 11 atom stereocenters. The molecule has 9 unspecified atom stereocenters. The van der Waals surface area contributed by atoms with Crippen LogP contribution in [0.2, 0.25) is 0 Å². The number of carbonyl (C=O) groups excluding carboxylic acids is 3. The third kappa shape index (κ3) is 4.75. The number of furan rings is 1. The number of benzene rings is 1. The van der Waals surface area contributed by atoms with Crippen molar-refractivity contribution in [2.75, 3.05) is 6.61 Å². The molecular formula is C35H42O12. The number of hydrogen-bond acceptors (Lipinski definition) is 12. The Labute approximate surface area is 271 Å². The summed E-state index contributed by atoms with van der Waals surface area (Å²) in [5.74, 6) is -4.66. The molecule has 2 aromatic rings. The van der Waals surface area contributed by atoms with E-state index in [0.717, 1.165) is 0 Å². The molecular weight excluding hydrogens is 612 g/mol. The summed E-state index contributed by atoms with van der Waals surface area (Å²) < 4.78 is 22.9. The van der Waals surface area contributed by atoms with Gasteiger partial charge in [0.25, 0.3) is 0 Å². The van der Waals surface area contributed by atoms with Crippen molar-refractivity contribution in [3.05, 3.63) is 71.2 Å². The van der Waals surface area contributed by atoms with Crippen LogP contribution in [0.25, 0.3) is 0 Å². The van der Waals surface area contributed by atoms with Gasteiger partial charge >= 0.3 is 11.9 Å². The molecule has 1 saturated heterocycles. The Hall–Kier alpha value is -3.39. The molecule has 254 valence electrons. The first kappa shape index (κ1) is 33.5. The third-order valence-corrected chi connectivity index (χ3v) is 11.6. The molecule has 47 heavy (non-hydrogen) atoms. The largest absolute Gasteiger partial charge is 0.469 e. The second-order valence-electron chi connectivity index (χ2n) is 14.3. The number of ether oxygens (including phenoxy) is 3. The van der Waals surface area contributed by atoms with Gasteiger partial charge in [0.15, 0.2) is 11.9 Å². The van der Waals surface area contributed by atoms with Crippen LogP contribution in [0.3, 0.4) is 0 Å². The van der Waals surface area contributed by atoms with Crippen LogP contribution in [0.4, 0.5) is 0 Å². The van der Waals surface area contributed by atoms with Crippen molar-refractivity contribution >= 4 is 17.7 Å². The summed E-state index contributed by atoms with van der Waals surface area (Å²) in [6.07, 6.45) is -8.08. The Balaban J connectivity index is 1.50. The molecule has 3 fully saturated rings. The molecule has 5 N–H and O–H groups in total. The van der Waals surface area contributed by atoms with E-state index >= 15 is 0 Å². The second-order valence-corrected chi connectivity index (χ2v) is 14.3. The lowest BCUT2D eigenvalue weighted by molar-refractivity contribution is -0.343. The number of aliphatic hydroxyl groups excluding tert-OH is 3. The Morgan fingerprint density at radius 1 is 1.02 bits per heavy atom. The Bertz CT molecular complexity index is 1580. The summed E-state index contributed by atoms with van der Waals surface area (Å²) in [4.78, 5) is 41.6. The summed E-state index contributed by atoms with van der Waals surface area (Å²) >= 11 is 0. The van der Waals surface area contributed by atoms with Gasteiger partial charge in [-0.15, -0.1) is 0 Å². The minimum absolute atomic E-state index is 0.0224. The first-order valence-electron chi connectivity index (χ1n) is 15.9. The van der Waals surface area contributed by atoms with E-state index in [2.05, 4.69) is 0 Å². The average Bonchev–Trinajstić information content (AvgIpc) is 3.58. The van der Waals surface area contributed by atoms with Gasteiger partial charge < -0.3 is 44.2 Å². The summed E-state index contributed by atoms with van der Waals surface area (Å²) in [7, 11) is 0. The van der Waals surface area contributed by atoms with Gasteiger partial charge in [-0.2, -0.15) is 0 Å². The van der Waals surface area contributed by atoms with Crippen molar-refractivity contribution in [2.24, 2.45) is 16.7 Å². The van der Waals surface area contributed by atoms with Gasteiger partial charge in [0.2, 0.25) is 0 Å². The van der Waals surface area contributed by atoms with Crippen LogP contribution >= 0.6 is 0 Å². The highest BCUT2D eigenvalue weighted by atomic mass is 16.6. The molecule has 0 amide bonds. The fourth-order valence-electron chi connectivity index (χ4n) is 8.50. The standard InChI is InChI=1S/C35H42O12/c1-17-21(46-31(41)25(37)18(2)20-12-9-13-44-20)15-35(43)29(47-30(40)19-10-7-6-8-11-19)27-33(5,22(36)14-23-34(27,42)16-45-23)28(39)26(38)24(17)32(35,3)4/h6-13,18,21-23,25-27,29,36-38,42-43H,14-16H2,1-5H3/t18?,21?,22?,23?,25?,26?,27?,29?,33-,34+,35?/m1/s1. The van der Waals surface area contributed by atoms with Crippen LogP contribution in [-0.2, 0) is 23.8 Å². The lowest BCUT2D eigenvalue weighted by atomic mass is 9.44. The zero-order valence-electron chi connectivity index (χ0n) is 27.0. The molecule has 1 aromatic heterocycles. The maximum Gasteiger partial charge on any atom is 0.338 e. The number of ketones is 1. The number of carbonyl (C=O) groups is 3. The van der Waals surface area contributed by atoms with Crippen LogP contribution in [0.1, 0.15) is 69.5 Å². The van der Waals surface area contributed by atoms with Gasteiger partial charge in [-0.1, -0.05) is 39.0 Å². The molecule has 6 rings (SSSR count). The highest BCUT2D eigenvalue weighted by Crippen LogP contribution is 2.63.